The van der Waals surface area contributed by atoms with Gasteiger partial charge in [0, 0.05) is 47.4 Å². The van der Waals surface area contributed by atoms with E-state index in [9.17, 15) is 35.1 Å². The molecule has 5 fully saturated rings. The zero-order chi connectivity index (χ0) is 48.7. The molecule has 0 aromatic carbocycles. The molecule has 11 heteroatoms. The first-order valence-corrected chi connectivity index (χ1v) is 26.7. The lowest BCUT2D eigenvalue weighted by atomic mass is 9.39. The summed E-state index contributed by atoms with van der Waals surface area (Å²) in [5, 5.41) is 66.2. The minimum absolute atomic E-state index is 0.0324. The van der Waals surface area contributed by atoms with E-state index in [4.69, 9.17) is 4.74 Å². The van der Waals surface area contributed by atoms with Crippen LogP contribution in [0.4, 0.5) is 0 Å². The first-order valence-electron chi connectivity index (χ1n) is 26.7. The normalized spacial score (nSPS) is 46.9. The van der Waals surface area contributed by atoms with Crippen LogP contribution in [-0.4, -0.2) is 90.7 Å². The van der Waals surface area contributed by atoms with Crippen molar-refractivity contribution in [1.29, 1.82) is 0 Å². The minimum atomic E-state index is -1.67. The van der Waals surface area contributed by atoms with Gasteiger partial charge in [0.1, 0.15) is 5.78 Å². The summed E-state index contributed by atoms with van der Waals surface area (Å²) >= 11 is 0. The first-order chi connectivity index (χ1) is 32.2. The number of carbonyl (C=O) groups excluding carboxylic acids is 3. The number of fused-ring (bicyclic) bond motifs is 10. The monoisotopic (exact) mass is 939 g/mol. The highest BCUT2D eigenvalue weighted by molar-refractivity contribution is 6.03. The highest BCUT2D eigenvalue weighted by atomic mass is 16.5. The molecule has 4 saturated carbocycles. The number of hydrogen-bond acceptors (Lipinski definition) is 10. The maximum Gasteiger partial charge on any atom is 0.313 e. The van der Waals surface area contributed by atoms with Crippen LogP contribution in [0.2, 0.25) is 0 Å². The van der Waals surface area contributed by atoms with Crippen LogP contribution in [0, 0.1) is 87.3 Å². The summed E-state index contributed by atoms with van der Waals surface area (Å²) in [6.45, 7) is 14.2. The third-order valence-electron chi connectivity index (χ3n) is 20.7. The molecule has 19 unspecified atom stereocenters. The number of aliphatic hydroxyl groups is 5. The zero-order valence-corrected chi connectivity index (χ0v) is 42.0. The summed E-state index contributed by atoms with van der Waals surface area (Å²) in [5.41, 5.74) is -2.98. The van der Waals surface area contributed by atoms with E-state index in [1.165, 1.54) is 18.9 Å². The Kier molecular flexibility index (Phi) is 13.5. The van der Waals surface area contributed by atoms with Crippen molar-refractivity contribution in [1.82, 2.24) is 10.3 Å². The number of nitrogens with one attached hydrogen (secondary N) is 2. The number of aromatic amines is 1. The second-order valence-corrected chi connectivity index (χ2v) is 24.6. The standard InChI is InChI=1S/C57H82N2O9/c1-8-9-10-20-56-28-45(62)44(61)27-54(56,6)43-18-21-53(5)50-37(26-57(53,67)48(43)49(51(56)64)59-29-34(4)60)13-11-12-36(42-31-68-52(65)47(42)38-19-22-58-30-38)25-41-39(33(3)24-46(63)55(50,7)66)17-16-35-15-14-32(2)23-40(35)41/h16,19,22,30,32-33,36-37,39-47,50,58-59,61-63,66-67H,8-10,13-15,17-18,20-21,23-29,31H2,1-7H3. The second-order valence-electron chi connectivity index (χ2n) is 24.6. The van der Waals surface area contributed by atoms with Gasteiger partial charge in [0.05, 0.1) is 54.3 Å². The van der Waals surface area contributed by atoms with Crippen molar-refractivity contribution in [2.45, 2.75) is 187 Å². The summed E-state index contributed by atoms with van der Waals surface area (Å²) < 4.78 is 5.91. The molecule has 1 saturated heterocycles. The van der Waals surface area contributed by atoms with Crippen molar-refractivity contribution in [3.63, 3.8) is 0 Å². The van der Waals surface area contributed by atoms with Crippen LogP contribution in [0.5, 0.6) is 0 Å². The summed E-state index contributed by atoms with van der Waals surface area (Å²) in [6.07, 6.45) is 13.3. The molecule has 1 aromatic heterocycles. The number of rotatable bonds is 9. The number of cyclic esters (lactones) is 1. The van der Waals surface area contributed by atoms with Gasteiger partial charge in [-0.1, -0.05) is 71.5 Å². The van der Waals surface area contributed by atoms with Gasteiger partial charge in [-0.05, 0) is 155 Å². The minimum Gasteiger partial charge on any atom is -0.465 e. The Labute approximate surface area is 405 Å². The Balaban J connectivity index is 1.18. The van der Waals surface area contributed by atoms with Gasteiger partial charge in [0.15, 0.2) is 5.78 Å². The molecule has 2 heterocycles. The number of aliphatic hydroxyl groups excluding tert-OH is 3. The number of hydrogen-bond donors (Lipinski definition) is 7. The van der Waals surface area contributed by atoms with Crippen molar-refractivity contribution in [2.75, 3.05) is 13.2 Å². The molecular weight excluding hydrogens is 857 g/mol. The topological polar surface area (TPSA) is 189 Å². The number of ether oxygens (including phenoxy) is 1. The van der Waals surface area contributed by atoms with Crippen molar-refractivity contribution in [3.8, 4) is 11.8 Å². The van der Waals surface area contributed by atoms with Crippen LogP contribution in [0.1, 0.15) is 163 Å². The third kappa shape index (κ3) is 7.83. The zero-order valence-electron chi connectivity index (χ0n) is 42.0. The van der Waals surface area contributed by atoms with E-state index in [1.807, 2.05) is 25.4 Å². The molecule has 0 radical (unpaired) electrons. The summed E-state index contributed by atoms with van der Waals surface area (Å²) in [7, 11) is 0. The van der Waals surface area contributed by atoms with Gasteiger partial charge < -0.3 is 40.6 Å². The van der Waals surface area contributed by atoms with Crippen LogP contribution in [0.25, 0.3) is 0 Å². The fourth-order valence-electron chi connectivity index (χ4n) is 17.2. The van der Waals surface area contributed by atoms with E-state index in [0.29, 0.717) is 49.5 Å². The van der Waals surface area contributed by atoms with Crippen molar-refractivity contribution in [2.24, 2.45) is 75.4 Å². The number of Topliss-reactive ketones (excluding diaryl/α,β-unsaturated/α-hetero) is 2. The second kappa shape index (κ2) is 18.4. The SMILES string of the molecule is CCCCCC12CC(O)C(O)CC1(C)C1CCC3(C)C4C(CC#CC(C5COC(=O)C5c5cc[nH]c5)CC5C6CC(C)CCC6=CCC5C(C)CC(O)C4(C)O)CC3(O)C1=C(NCC(C)=O)C2=O. The Morgan fingerprint density at radius 2 is 1.72 bits per heavy atom. The number of carbonyl (C=O) groups is 3. The lowest BCUT2D eigenvalue weighted by Crippen LogP contribution is -2.68. The predicted molar refractivity (Wildman–Crippen MR) is 259 cm³/mol. The van der Waals surface area contributed by atoms with Crippen LogP contribution < -0.4 is 5.32 Å². The fraction of sp³-hybridized carbons (Fsp3) is 0.772. The van der Waals surface area contributed by atoms with Crippen LogP contribution >= 0.6 is 0 Å². The molecule has 1 aliphatic heterocycles. The number of esters is 1. The number of aromatic nitrogens is 1. The lowest BCUT2D eigenvalue weighted by molar-refractivity contribution is -0.196. The van der Waals surface area contributed by atoms with Gasteiger partial charge in [-0.25, -0.2) is 0 Å². The van der Waals surface area contributed by atoms with Gasteiger partial charge >= 0.3 is 5.97 Å². The molecule has 0 spiro atoms. The average molecular weight is 939 g/mol. The smallest absolute Gasteiger partial charge is 0.313 e. The first kappa shape index (κ1) is 49.7. The molecule has 1 aromatic rings. The van der Waals surface area contributed by atoms with E-state index in [2.05, 4.69) is 55.9 Å². The number of ketones is 2. The Morgan fingerprint density at radius 3 is 2.44 bits per heavy atom. The number of allylic oxidation sites excluding steroid dienone is 3. The van der Waals surface area contributed by atoms with Gasteiger partial charge in [-0.15, -0.1) is 5.92 Å². The van der Waals surface area contributed by atoms with Crippen molar-refractivity contribution in [3.05, 3.63) is 46.9 Å². The highest BCUT2D eigenvalue weighted by Crippen LogP contribution is 2.73. The maximum atomic E-state index is 15.7. The largest absolute Gasteiger partial charge is 0.465 e. The van der Waals surface area contributed by atoms with Crippen molar-refractivity contribution < 1.29 is 44.7 Å². The Morgan fingerprint density at radius 1 is 0.956 bits per heavy atom. The van der Waals surface area contributed by atoms with Gasteiger partial charge in [-0.2, -0.15) is 0 Å². The van der Waals surface area contributed by atoms with E-state index >= 15 is 4.79 Å². The van der Waals surface area contributed by atoms with E-state index in [0.717, 1.165) is 50.5 Å². The third-order valence-corrected chi connectivity index (χ3v) is 20.7. The molecule has 8 aliphatic rings. The van der Waals surface area contributed by atoms with E-state index in [-0.39, 0.29) is 91.2 Å². The Bertz CT molecular complexity index is 2220. The van der Waals surface area contributed by atoms with Gasteiger partial charge in [-0.3, -0.25) is 14.4 Å². The quantitative estimate of drug-likeness (QED) is 0.0559. The number of unbranched alkanes of at least 4 members (excludes halogenated alkanes) is 2. The molecule has 19 atom stereocenters. The highest BCUT2D eigenvalue weighted by Gasteiger charge is 2.75. The summed E-state index contributed by atoms with van der Waals surface area (Å²) in [4.78, 5) is 45.3. The fourth-order valence-corrected chi connectivity index (χ4v) is 17.2. The van der Waals surface area contributed by atoms with Crippen molar-refractivity contribution >= 4 is 17.5 Å². The summed E-state index contributed by atoms with van der Waals surface area (Å²) in [6, 6.07) is 1.96. The van der Waals surface area contributed by atoms with Gasteiger partial charge in [0.25, 0.3) is 0 Å². The summed E-state index contributed by atoms with van der Waals surface area (Å²) in [5.74, 6) is 6.14. The predicted octanol–water partition coefficient (Wildman–Crippen LogP) is 7.71. The molecule has 68 heavy (non-hydrogen) atoms. The van der Waals surface area contributed by atoms with E-state index < -0.39 is 63.5 Å². The van der Waals surface area contributed by atoms with Gasteiger partial charge in [0.2, 0.25) is 0 Å². The molecule has 374 valence electrons. The molecule has 0 amide bonds. The van der Waals surface area contributed by atoms with Crippen LogP contribution in [0.15, 0.2) is 41.4 Å². The molecular formula is C57H82N2O9. The number of H-pyrrole nitrogens is 1. The molecule has 0 bridgehead atoms. The molecule has 7 aliphatic carbocycles. The van der Waals surface area contributed by atoms with Crippen LogP contribution in [0.3, 0.4) is 0 Å². The van der Waals surface area contributed by atoms with Crippen LogP contribution in [-0.2, 0) is 19.1 Å². The maximum absolute atomic E-state index is 15.7. The lowest BCUT2D eigenvalue weighted by Gasteiger charge is -2.65. The van der Waals surface area contributed by atoms with E-state index in [1.54, 1.807) is 6.92 Å². The molecule has 9 rings (SSSR count). The molecule has 7 N–H and O–H groups in total. The molecule has 11 nitrogen and oxygen atoms in total. The average Bonchev–Trinajstić information content (AvgIpc) is 4.00. The Hall–Kier alpha value is -3.27.